The molecule has 1 fully saturated rings. The zero-order valence-electron chi connectivity index (χ0n) is 18.3. The third kappa shape index (κ3) is 9.28. The van der Waals surface area contributed by atoms with Gasteiger partial charge in [-0.15, -0.1) is 0 Å². The minimum Gasteiger partial charge on any atom is -0.0950 e. The molecule has 0 heteroatoms. The standard InChI is InChI=1S/C20H30.C3H8.C2H6/c1-15(2)17(4)20-12-10-16(3)19(14-20)13-11-18-8-6-5-7-9-18;1-3-2;1-2/h10,12,14-15,18H,4-9,11,13H2,1-3H3;3H2,1-2H3;1-2H3. The molecule has 1 saturated carbocycles. The van der Waals surface area contributed by atoms with E-state index in [1.165, 1.54) is 73.6 Å². The lowest BCUT2D eigenvalue weighted by Crippen LogP contribution is -2.08. The highest BCUT2D eigenvalue weighted by Crippen LogP contribution is 2.29. The van der Waals surface area contributed by atoms with Gasteiger partial charge in [0, 0.05) is 0 Å². The molecule has 0 N–H and O–H groups in total. The van der Waals surface area contributed by atoms with Gasteiger partial charge in [0.15, 0.2) is 0 Å². The first-order valence-electron chi connectivity index (χ1n) is 10.8. The lowest BCUT2D eigenvalue weighted by atomic mass is 9.84. The SMILES string of the molecule is C=C(c1ccc(C)c(CCC2CCCCC2)c1)C(C)C.CC.CCC. The molecule has 0 unspecified atom stereocenters. The zero-order chi connectivity index (χ0) is 19.2. The topological polar surface area (TPSA) is 0 Å². The van der Waals surface area contributed by atoms with Crippen LogP contribution in [-0.4, -0.2) is 0 Å². The summed E-state index contributed by atoms with van der Waals surface area (Å²) in [7, 11) is 0. The van der Waals surface area contributed by atoms with Gasteiger partial charge in [0.05, 0.1) is 0 Å². The Morgan fingerprint density at radius 1 is 1.08 bits per heavy atom. The van der Waals surface area contributed by atoms with Crippen LogP contribution < -0.4 is 0 Å². The summed E-state index contributed by atoms with van der Waals surface area (Å²) in [5, 5.41) is 0. The van der Waals surface area contributed by atoms with Gasteiger partial charge in [-0.1, -0.05) is 105 Å². The molecule has 0 bridgehead atoms. The van der Waals surface area contributed by atoms with E-state index in [1.807, 2.05) is 13.8 Å². The summed E-state index contributed by atoms with van der Waals surface area (Å²) in [5.41, 5.74) is 5.59. The van der Waals surface area contributed by atoms with Crippen LogP contribution in [-0.2, 0) is 6.42 Å². The van der Waals surface area contributed by atoms with E-state index in [4.69, 9.17) is 0 Å². The van der Waals surface area contributed by atoms with Crippen molar-refractivity contribution in [3.63, 3.8) is 0 Å². The molecule has 2 rings (SSSR count). The maximum Gasteiger partial charge on any atom is -0.0219 e. The summed E-state index contributed by atoms with van der Waals surface area (Å²) in [6.45, 7) is 19.2. The number of benzene rings is 1. The Morgan fingerprint density at radius 3 is 2.16 bits per heavy atom. The molecule has 0 atom stereocenters. The van der Waals surface area contributed by atoms with Crippen LogP contribution in [0.3, 0.4) is 0 Å². The Balaban J connectivity index is 0.00000104. The number of hydrogen-bond donors (Lipinski definition) is 0. The van der Waals surface area contributed by atoms with Crippen LogP contribution >= 0.6 is 0 Å². The van der Waals surface area contributed by atoms with Gasteiger partial charge in [0.2, 0.25) is 0 Å². The van der Waals surface area contributed by atoms with Crippen LogP contribution in [0.2, 0.25) is 0 Å². The van der Waals surface area contributed by atoms with E-state index < -0.39 is 0 Å². The molecule has 0 aromatic heterocycles. The highest BCUT2D eigenvalue weighted by Gasteiger charge is 2.14. The summed E-state index contributed by atoms with van der Waals surface area (Å²) in [5.74, 6) is 1.50. The van der Waals surface area contributed by atoms with E-state index in [0.717, 1.165) is 5.92 Å². The van der Waals surface area contributed by atoms with Crippen molar-refractivity contribution in [3.05, 3.63) is 41.5 Å². The molecule has 1 aliphatic carbocycles. The Labute approximate surface area is 159 Å². The van der Waals surface area contributed by atoms with Crippen LogP contribution in [0, 0.1) is 18.8 Å². The van der Waals surface area contributed by atoms with E-state index >= 15 is 0 Å². The quantitative estimate of drug-likeness (QED) is 0.501. The minimum absolute atomic E-state index is 0.531. The van der Waals surface area contributed by atoms with Crippen LogP contribution in [0.15, 0.2) is 24.8 Å². The van der Waals surface area contributed by atoms with E-state index in [2.05, 4.69) is 59.4 Å². The monoisotopic (exact) mass is 344 g/mol. The van der Waals surface area contributed by atoms with Gasteiger partial charge < -0.3 is 0 Å². The second kappa shape index (κ2) is 14.2. The minimum atomic E-state index is 0.531. The summed E-state index contributed by atoms with van der Waals surface area (Å²) in [4.78, 5) is 0. The van der Waals surface area contributed by atoms with Gasteiger partial charge >= 0.3 is 0 Å². The molecule has 1 aromatic carbocycles. The molecule has 0 radical (unpaired) electrons. The second-order valence-electron chi connectivity index (χ2n) is 7.57. The Morgan fingerprint density at radius 2 is 1.64 bits per heavy atom. The van der Waals surface area contributed by atoms with Crippen molar-refractivity contribution in [2.75, 3.05) is 0 Å². The van der Waals surface area contributed by atoms with Gasteiger partial charge in [-0.2, -0.15) is 0 Å². The van der Waals surface area contributed by atoms with Crippen molar-refractivity contribution >= 4 is 5.57 Å². The fourth-order valence-corrected chi connectivity index (χ4v) is 3.31. The van der Waals surface area contributed by atoms with E-state index in [1.54, 1.807) is 0 Å². The normalized spacial score (nSPS) is 14.2. The highest BCUT2D eigenvalue weighted by atomic mass is 14.2. The second-order valence-corrected chi connectivity index (χ2v) is 7.57. The Kier molecular flexibility index (Phi) is 13.6. The van der Waals surface area contributed by atoms with Gasteiger partial charge in [-0.3, -0.25) is 0 Å². The molecular weight excluding hydrogens is 300 g/mol. The van der Waals surface area contributed by atoms with Crippen molar-refractivity contribution in [1.29, 1.82) is 0 Å². The van der Waals surface area contributed by atoms with Gasteiger partial charge in [0.1, 0.15) is 0 Å². The fourth-order valence-electron chi connectivity index (χ4n) is 3.31. The Bertz CT molecular complexity index is 461. The molecule has 25 heavy (non-hydrogen) atoms. The van der Waals surface area contributed by atoms with Gasteiger partial charge in [-0.05, 0) is 53.9 Å². The molecule has 144 valence electrons. The molecule has 0 amide bonds. The van der Waals surface area contributed by atoms with Gasteiger partial charge in [-0.25, -0.2) is 0 Å². The molecule has 0 spiro atoms. The number of hydrogen-bond acceptors (Lipinski definition) is 0. The van der Waals surface area contributed by atoms with Crippen molar-refractivity contribution < 1.29 is 0 Å². The molecule has 1 aromatic rings. The van der Waals surface area contributed by atoms with Crippen molar-refractivity contribution in [2.45, 2.75) is 99.8 Å². The van der Waals surface area contributed by atoms with Crippen LogP contribution in [0.25, 0.3) is 5.57 Å². The summed E-state index contributed by atoms with van der Waals surface area (Å²) in [6, 6.07) is 6.90. The van der Waals surface area contributed by atoms with Crippen molar-refractivity contribution in [2.24, 2.45) is 11.8 Å². The molecular formula is C25H44. The van der Waals surface area contributed by atoms with Crippen LogP contribution in [0.5, 0.6) is 0 Å². The first kappa shape index (κ1) is 24.0. The maximum absolute atomic E-state index is 4.25. The van der Waals surface area contributed by atoms with Crippen LogP contribution in [0.1, 0.15) is 103 Å². The van der Waals surface area contributed by atoms with E-state index in [-0.39, 0.29) is 0 Å². The van der Waals surface area contributed by atoms with Gasteiger partial charge in [0.25, 0.3) is 0 Å². The largest absolute Gasteiger partial charge is 0.0950 e. The third-order valence-electron chi connectivity index (χ3n) is 4.96. The fraction of sp³-hybridized carbons (Fsp3) is 0.680. The summed E-state index contributed by atoms with van der Waals surface area (Å²) in [6.07, 6.45) is 11.1. The average molecular weight is 345 g/mol. The lowest BCUT2D eigenvalue weighted by Gasteiger charge is -2.22. The maximum atomic E-state index is 4.25. The van der Waals surface area contributed by atoms with Crippen LogP contribution in [0.4, 0.5) is 0 Å². The predicted molar refractivity (Wildman–Crippen MR) is 117 cm³/mol. The van der Waals surface area contributed by atoms with Crippen molar-refractivity contribution in [1.82, 2.24) is 0 Å². The highest BCUT2D eigenvalue weighted by molar-refractivity contribution is 5.65. The predicted octanol–water partition coefficient (Wildman–Crippen LogP) is 8.62. The lowest BCUT2D eigenvalue weighted by molar-refractivity contribution is 0.339. The molecule has 0 saturated heterocycles. The van der Waals surface area contributed by atoms with Crippen molar-refractivity contribution in [3.8, 4) is 0 Å². The van der Waals surface area contributed by atoms with E-state index in [9.17, 15) is 0 Å². The molecule has 0 aliphatic heterocycles. The summed E-state index contributed by atoms with van der Waals surface area (Å²) >= 11 is 0. The molecule has 0 nitrogen and oxygen atoms in total. The van der Waals surface area contributed by atoms with E-state index in [0.29, 0.717) is 5.92 Å². The number of aryl methyl sites for hydroxylation is 2. The first-order valence-corrected chi connectivity index (χ1v) is 10.8. The zero-order valence-corrected chi connectivity index (χ0v) is 18.3. The molecule has 1 aliphatic rings. The molecule has 0 heterocycles. The first-order chi connectivity index (χ1) is 12.0. The average Bonchev–Trinajstić information content (AvgIpc) is 2.63. The number of rotatable bonds is 5. The Hall–Kier alpha value is -1.04. The third-order valence-corrected chi connectivity index (χ3v) is 4.96. The smallest absolute Gasteiger partial charge is 0.0219 e. The number of allylic oxidation sites excluding steroid dienone is 1. The summed E-state index contributed by atoms with van der Waals surface area (Å²) < 4.78 is 0.